The Labute approximate surface area is 158 Å². The summed E-state index contributed by atoms with van der Waals surface area (Å²) in [6, 6.07) is 12.9. The molecule has 0 spiro atoms. The van der Waals surface area contributed by atoms with Crippen molar-refractivity contribution in [1.29, 1.82) is 0 Å². The maximum atomic E-state index is 4.53. The van der Waals surface area contributed by atoms with Crippen LogP contribution in [-0.2, 0) is 5.41 Å². The van der Waals surface area contributed by atoms with Crippen LogP contribution in [0.5, 0.6) is 0 Å². The highest BCUT2D eigenvalue weighted by molar-refractivity contribution is 7.00. The van der Waals surface area contributed by atoms with Crippen molar-refractivity contribution in [2.45, 2.75) is 19.3 Å². The van der Waals surface area contributed by atoms with Crippen molar-refractivity contribution in [2.24, 2.45) is 0 Å². The summed E-state index contributed by atoms with van der Waals surface area (Å²) in [5, 5.41) is 0. The lowest BCUT2D eigenvalue weighted by Gasteiger charge is -2.15. The maximum Gasteiger partial charge on any atom is 0.209 e. The number of hydrogen-bond donors (Lipinski definition) is 0. The maximum absolute atomic E-state index is 4.53. The number of aromatic nitrogens is 2. The van der Waals surface area contributed by atoms with E-state index in [2.05, 4.69) is 87.7 Å². The summed E-state index contributed by atoms with van der Waals surface area (Å²) in [5.74, 6) is 0. The van der Waals surface area contributed by atoms with Crippen LogP contribution < -0.4 is 4.90 Å². The van der Waals surface area contributed by atoms with E-state index in [1.165, 1.54) is 28.7 Å². The number of nitrogens with zero attached hydrogens (tertiary/aromatic N) is 4. The van der Waals surface area contributed by atoms with Crippen molar-refractivity contribution in [3.8, 4) is 0 Å². The summed E-state index contributed by atoms with van der Waals surface area (Å²) in [7, 11) is 6.21. The van der Waals surface area contributed by atoms with Crippen LogP contribution in [0.25, 0.3) is 17.1 Å². The van der Waals surface area contributed by atoms with Gasteiger partial charge in [-0.1, -0.05) is 24.3 Å². The summed E-state index contributed by atoms with van der Waals surface area (Å²) in [6.07, 6.45) is 4.39. The Hall–Kier alpha value is -2.53. The number of allylic oxidation sites excluding steroid dienone is 1. The third kappa shape index (κ3) is 2.46. The Bertz CT molecular complexity index is 1060. The van der Waals surface area contributed by atoms with Gasteiger partial charge in [0.15, 0.2) is 5.71 Å². The molecule has 1 aromatic heterocycles. The molecule has 2 heterocycles. The molecule has 4 nitrogen and oxygen atoms in total. The molecule has 0 saturated carbocycles. The van der Waals surface area contributed by atoms with Crippen molar-refractivity contribution in [3.63, 3.8) is 0 Å². The van der Waals surface area contributed by atoms with Gasteiger partial charge >= 0.3 is 0 Å². The lowest BCUT2D eigenvalue weighted by Crippen LogP contribution is -2.26. The molecule has 26 heavy (non-hydrogen) atoms. The first-order valence-corrected chi connectivity index (χ1v) is 9.45. The Kier molecular flexibility index (Phi) is 3.92. The van der Waals surface area contributed by atoms with Crippen molar-refractivity contribution in [3.05, 3.63) is 53.6 Å². The first-order valence-electron chi connectivity index (χ1n) is 8.72. The molecule has 0 amide bonds. The van der Waals surface area contributed by atoms with Crippen molar-refractivity contribution in [2.75, 3.05) is 26.0 Å². The molecule has 0 radical (unpaired) electrons. The quantitative estimate of drug-likeness (QED) is 0.643. The minimum absolute atomic E-state index is 0.0230. The van der Waals surface area contributed by atoms with E-state index in [1.54, 1.807) is 0 Å². The zero-order valence-electron chi connectivity index (χ0n) is 15.8. The number of anilines is 1. The van der Waals surface area contributed by atoms with Crippen LogP contribution in [0.1, 0.15) is 25.0 Å². The molecule has 5 heteroatoms. The molecule has 0 fully saturated rings. The van der Waals surface area contributed by atoms with Crippen molar-refractivity contribution < 1.29 is 4.58 Å². The monoisotopic (exact) mass is 363 g/mol. The summed E-state index contributed by atoms with van der Waals surface area (Å²) in [5.41, 5.74) is 8.04. The summed E-state index contributed by atoms with van der Waals surface area (Å²) < 4.78 is 11.3. The van der Waals surface area contributed by atoms with E-state index in [9.17, 15) is 0 Å². The predicted octanol–water partition coefficient (Wildman–Crippen LogP) is 4.48. The molecule has 3 aromatic rings. The molecule has 0 N–H and O–H groups in total. The first kappa shape index (κ1) is 16.9. The molecule has 0 aliphatic carbocycles. The topological polar surface area (TPSA) is 32.0 Å². The minimum Gasteiger partial charge on any atom is -0.376 e. The van der Waals surface area contributed by atoms with E-state index in [4.69, 9.17) is 0 Å². The molecule has 132 valence electrons. The second kappa shape index (κ2) is 6.02. The molecule has 4 rings (SSSR count). The van der Waals surface area contributed by atoms with E-state index >= 15 is 0 Å². The molecule has 2 aromatic carbocycles. The van der Waals surface area contributed by atoms with Gasteiger partial charge < -0.3 is 4.90 Å². The number of rotatable bonds is 3. The van der Waals surface area contributed by atoms with Gasteiger partial charge in [-0.25, -0.2) is 0 Å². The number of fused-ring (bicyclic) bond motifs is 2. The van der Waals surface area contributed by atoms with Crippen LogP contribution >= 0.6 is 11.7 Å². The molecule has 0 atom stereocenters. The molecule has 1 aliphatic heterocycles. The Balaban J connectivity index is 1.79. The third-order valence-corrected chi connectivity index (χ3v) is 5.80. The molecule has 1 aliphatic rings. The van der Waals surface area contributed by atoms with Gasteiger partial charge in [0, 0.05) is 37.4 Å². The molecule has 0 bridgehead atoms. The van der Waals surface area contributed by atoms with E-state index in [0.717, 1.165) is 22.3 Å². The van der Waals surface area contributed by atoms with E-state index in [1.807, 2.05) is 14.1 Å². The van der Waals surface area contributed by atoms with E-state index in [0.29, 0.717) is 0 Å². The number of hydrogen-bond acceptors (Lipinski definition) is 4. The van der Waals surface area contributed by atoms with Gasteiger partial charge in [-0.3, -0.25) is 0 Å². The van der Waals surface area contributed by atoms with E-state index in [-0.39, 0.29) is 5.41 Å². The van der Waals surface area contributed by atoms with Gasteiger partial charge in [0.05, 0.1) is 22.8 Å². The second-order valence-electron chi connectivity index (χ2n) is 7.45. The average molecular weight is 364 g/mol. The van der Waals surface area contributed by atoms with Crippen molar-refractivity contribution >= 4 is 45.9 Å². The predicted molar refractivity (Wildman–Crippen MR) is 111 cm³/mol. The zero-order chi connectivity index (χ0) is 18.5. The Morgan fingerprint density at radius 1 is 1.00 bits per heavy atom. The fraction of sp³-hybridized carbons (Fsp3) is 0.286. The number of para-hydroxylation sites is 1. The van der Waals surface area contributed by atoms with Gasteiger partial charge in [0.25, 0.3) is 0 Å². The van der Waals surface area contributed by atoms with Gasteiger partial charge in [-0.15, -0.1) is 0 Å². The van der Waals surface area contributed by atoms with Gasteiger partial charge in [0.2, 0.25) is 5.69 Å². The van der Waals surface area contributed by atoms with Crippen LogP contribution in [0.4, 0.5) is 11.4 Å². The largest absolute Gasteiger partial charge is 0.376 e. The van der Waals surface area contributed by atoms with Crippen LogP contribution in [-0.4, -0.2) is 40.2 Å². The fourth-order valence-corrected chi connectivity index (χ4v) is 4.41. The highest BCUT2D eigenvalue weighted by Crippen LogP contribution is 2.39. The summed E-state index contributed by atoms with van der Waals surface area (Å²) in [4.78, 5) is 2.08. The van der Waals surface area contributed by atoms with Crippen LogP contribution in [0.3, 0.4) is 0 Å². The molecular formula is C21H23N4S+. The average Bonchev–Trinajstić information content (AvgIpc) is 3.17. The van der Waals surface area contributed by atoms with Gasteiger partial charge in [-0.2, -0.15) is 13.3 Å². The van der Waals surface area contributed by atoms with E-state index < -0.39 is 0 Å². The standard InChI is InChI=1S/C21H23N4S/c1-21(2)15-8-6-7-9-16(15)25(5)18(21)13-11-14-10-12-17(24(3)4)20-19(14)22-26-23-20/h6-13H,1-5H3/q+1. The highest BCUT2D eigenvalue weighted by atomic mass is 32.1. The smallest absolute Gasteiger partial charge is 0.209 e. The lowest BCUT2D eigenvalue weighted by atomic mass is 9.81. The molecule has 0 saturated heterocycles. The first-order chi connectivity index (χ1) is 12.4. The minimum atomic E-state index is -0.0230. The van der Waals surface area contributed by atoms with Crippen molar-refractivity contribution in [1.82, 2.24) is 8.75 Å². The fourth-order valence-electron chi connectivity index (χ4n) is 3.84. The highest BCUT2D eigenvalue weighted by Gasteiger charge is 2.42. The third-order valence-electron chi connectivity index (χ3n) is 5.27. The number of benzene rings is 2. The summed E-state index contributed by atoms with van der Waals surface area (Å²) in [6.45, 7) is 4.56. The Morgan fingerprint density at radius 3 is 2.46 bits per heavy atom. The van der Waals surface area contributed by atoms with Gasteiger partial charge in [0.1, 0.15) is 18.1 Å². The lowest BCUT2D eigenvalue weighted by molar-refractivity contribution is -0.401. The normalized spacial score (nSPS) is 15.9. The SMILES string of the molecule is CN(C)c1ccc(/C=C/C2=[N+](C)c3ccccc3C2(C)C)c2nsnc12. The van der Waals surface area contributed by atoms with Crippen LogP contribution in [0.2, 0.25) is 0 Å². The second-order valence-corrected chi connectivity index (χ2v) is 7.98. The van der Waals surface area contributed by atoms with Crippen LogP contribution in [0, 0.1) is 0 Å². The Morgan fingerprint density at radius 2 is 1.73 bits per heavy atom. The van der Waals surface area contributed by atoms with Crippen LogP contribution in [0.15, 0.2) is 42.5 Å². The molecule has 0 unspecified atom stereocenters. The summed E-state index contributed by atoms with van der Waals surface area (Å²) >= 11 is 1.27. The zero-order valence-corrected chi connectivity index (χ0v) is 16.6. The molecular weight excluding hydrogens is 340 g/mol. The van der Waals surface area contributed by atoms with Gasteiger partial charge in [-0.05, 0) is 26.0 Å².